The Kier molecular flexibility index (Phi) is 6.03. The van der Waals surface area contributed by atoms with E-state index in [4.69, 9.17) is 16.3 Å². The van der Waals surface area contributed by atoms with Gasteiger partial charge in [0.25, 0.3) is 5.91 Å². The lowest BCUT2D eigenvalue weighted by molar-refractivity contribution is -0.121. The van der Waals surface area contributed by atoms with Crippen LogP contribution in [0, 0.1) is 0 Å². The lowest BCUT2D eigenvalue weighted by atomic mass is 10.2. The predicted molar refractivity (Wildman–Crippen MR) is 94.9 cm³/mol. The molecule has 0 saturated carbocycles. The van der Waals surface area contributed by atoms with E-state index in [0.29, 0.717) is 16.3 Å². The number of ether oxygens (including phenoxy) is 1. The minimum atomic E-state index is -0.498. The molecule has 0 bridgehead atoms. The van der Waals surface area contributed by atoms with Crippen LogP contribution in [0.3, 0.4) is 0 Å². The fourth-order valence-electron chi connectivity index (χ4n) is 1.93. The quantitative estimate of drug-likeness (QED) is 0.554. The summed E-state index contributed by atoms with van der Waals surface area (Å²) in [7, 11) is 1.46. The van der Waals surface area contributed by atoms with Gasteiger partial charge in [-0.25, -0.2) is 5.43 Å². The van der Waals surface area contributed by atoms with E-state index in [9.17, 15) is 9.90 Å². The highest BCUT2D eigenvalue weighted by atomic mass is 35.5. The van der Waals surface area contributed by atoms with E-state index in [0.717, 1.165) is 5.69 Å². The number of carbonyl (C=O) groups excluding carboxylic acids is 1. The highest BCUT2D eigenvalue weighted by Crippen LogP contribution is 2.27. The summed E-state index contributed by atoms with van der Waals surface area (Å²) in [5, 5.41) is 17.4. The number of carbonyl (C=O) groups is 1. The molecule has 0 heterocycles. The van der Waals surface area contributed by atoms with Gasteiger partial charge in [-0.1, -0.05) is 17.7 Å². The Morgan fingerprint density at radius 2 is 2.00 bits per heavy atom. The van der Waals surface area contributed by atoms with Crippen LogP contribution in [0.1, 0.15) is 12.5 Å². The minimum Gasteiger partial charge on any atom is -0.504 e. The molecule has 0 aliphatic rings. The smallest absolute Gasteiger partial charge is 0.262 e. The second-order valence-corrected chi connectivity index (χ2v) is 5.44. The summed E-state index contributed by atoms with van der Waals surface area (Å²) in [4.78, 5) is 12.0. The number of nitrogens with one attached hydrogen (secondary N) is 2. The summed E-state index contributed by atoms with van der Waals surface area (Å²) in [5.41, 5.74) is 3.63. The van der Waals surface area contributed by atoms with Gasteiger partial charge in [0.05, 0.1) is 13.3 Å². The van der Waals surface area contributed by atoms with E-state index in [-0.39, 0.29) is 11.7 Å². The number of phenolic OH excluding ortho intramolecular Hbond substituents is 1. The van der Waals surface area contributed by atoms with Gasteiger partial charge in [-0.3, -0.25) is 4.79 Å². The zero-order valence-corrected chi connectivity index (χ0v) is 14.0. The van der Waals surface area contributed by atoms with Gasteiger partial charge in [-0.15, -0.1) is 0 Å². The van der Waals surface area contributed by atoms with E-state index in [2.05, 4.69) is 15.8 Å². The van der Waals surface area contributed by atoms with Gasteiger partial charge in [0, 0.05) is 16.3 Å². The average Bonchev–Trinajstić information content (AvgIpc) is 2.58. The van der Waals surface area contributed by atoms with Crippen molar-refractivity contribution in [2.75, 3.05) is 12.4 Å². The van der Waals surface area contributed by atoms with Crippen LogP contribution in [0.4, 0.5) is 5.69 Å². The molecule has 7 heteroatoms. The maximum atomic E-state index is 12.0. The zero-order chi connectivity index (χ0) is 17.5. The summed E-state index contributed by atoms with van der Waals surface area (Å²) in [6, 6.07) is 11.5. The lowest BCUT2D eigenvalue weighted by Gasteiger charge is -2.13. The highest BCUT2D eigenvalue weighted by molar-refractivity contribution is 6.30. The third-order valence-electron chi connectivity index (χ3n) is 3.25. The summed E-state index contributed by atoms with van der Waals surface area (Å²) >= 11 is 5.82. The Morgan fingerprint density at radius 3 is 2.67 bits per heavy atom. The standard InChI is InChI=1S/C17H18ClN3O3/c1-11(20-14-8-6-13(18)7-9-14)17(23)21-19-10-12-4-3-5-15(24-2)16(12)22/h3-11,20,22H,1-2H3,(H,21,23). The topological polar surface area (TPSA) is 83.0 Å². The van der Waals surface area contributed by atoms with E-state index in [1.807, 2.05) is 0 Å². The molecule has 24 heavy (non-hydrogen) atoms. The number of rotatable bonds is 6. The van der Waals surface area contributed by atoms with Crippen LogP contribution >= 0.6 is 11.6 Å². The predicted octanol–water partition coefficient (Wildman–Crippen LogP) is 3.00. The SMILES string of the molecule is COc1cccc(C=NNC(=O)C(C)Nc2ccc(Cl)cc2)c1O. The maximum Gasteiger partial charge on any atom is 0.262 e. The average molecular weight is 348 g/mol. The number of nitrogens with zero attached hydrogens (tertiary/aromatic N) is 1. The first-order valence-corrected chi connectivity index (χ1v) is 7.60. The van der Waals surface area contributed by atoms with Crippen LogP contribution in [0.15, 0.2) is 47.6 Å². The van der Waals surface area contributed by atoms with Gasteiger partial charge in [-0.05, 0) is 43.3 Å². The molecule has 1 unspecified atom stereocenters. The summed E-state index contributed by atoms with van der Waals surface area (Å²) < 4.78 is 5.01. The van der Waals surface area contributed by atoms with Crippen molar-refractivity contribution in [3.63, 3.8) is 0 Å². The minimum absolute atomic E-state index is 0.0367. The molecule has 1 atom stereocenters. The van der Waals surface area contributed by atoms with Crippen LogP contribution < -0.4 is 15.5 Å². The number of benzene rings is 2. The van der Waals surface area contributed by atoms with E-state index < -0.39 is 6.04 Å². The maximum absolute atomic E-state index is 12.0. The van der Waals surface area contributed by atoms with Gasteiger partial charge in [0.1, 0.15) is 6.04 Å². The van der Waals surface area contributed by atoms with Gasteiger partial charge in [0.15, 0.2) is 11.5 Å². The first-order valence-electron chi connectivity index (χ1n) is 7.22. The second-order valence-electron chi connectivity index (χ2n) is 5.01. The number of aromatic hydroxyl groups is 1. The van der Waals surface area contributed by atoms with Crippen LogP contribution in [0.2, 0.25) is 5.02 Å². The number of anilines is 1. The number of hydrazone groups is 1. The van der Waals surface area contributed by atoms with E-state index in [1.54, 1.807) is 49.4 Å². The Balaban J connectivity index is 1.93. The van der Waals surface area contributed by atoms with Crippen LogP contribution in [-0.4, -0.2) is 30.4 Å². The van der Waals surface area contributed by atoms with Crippen molar-refractivity contribution in [1.29, 1.82) is 0 Å². The van der Waals surface area contributed by atoms with Crippen molar-refractivity contribution >= 4 is 29.4 Å². The Hall–Kier alpha value is -2.73. The number of methoxy groups -OCH3 is 1. The monoisotopic (exact) mass is 347 g/mol. The van der Waals surface area contributed by atoms with Crippen molar-refractivity contribution in [3.8, 4) is 11.5 Å². The fourth-order valence-corrected chi connectivity index (χ4v) is 2.06. The second kappa shape index (κ2) is 8.21. The van der Waals surface area contributed by atoms with Gasteiger partial charge >= 0.3 is 0 Å². The highest BCUT2D eigenvalue weighted by Gasteiger charge is 2.12. The van der Waals surface area contributed by atoms with Crippen LogP contribution in [-0.2, 0) is 4.79 Å². The summed E-state index contributed by atoms with van der Waals surface area (Å²) in [6.45, 7) is 1.71. The molecule has 2 aromatic carbocycles. The third kappa shape index (κ3) is 4.63. The molecule has 126 valence electrons. The van der Waals surface area contributed by atoms with Crippen molar-refractivity contribution < 1.29 is 14.6 Å². The molecule has 0 spiro atoms. The molecular formula is C17H18ClN3O3. The lowest BCUT2D eigenvalue weighted by Crippen LogP contribution is -2.34. The largest absolute Gasteiger partial charge is 0.504 e. The van der Waals surface area contributed by atoms with Crippen molar-refractivity contribution in [2.45, 2.75) is 13.0 Å². The normalized spacial score (nSPS) is 12.0. The molecular weight excluding hydrogens is 330 g/mol. The molecule has 0 fully saturated rings. The molecule has 0 aromatic heterocycles. The van der Waals surface area contributed by atoms with Gasteiger partial charge in [0.2, 0.25) is 0 Å². The van der Waals surface area contributed by atoms with Crippen LogP contribution in [0.5, 0.6) is 11.5 Å². The van der Waals surface area contributed by atoms with E-state index in [1.165, 1.54) is 13.3 Å². The first kappa shape index (κ1) is 17.6. The Bertz CT molecular complexity index is 732. The number of amides is 1. The Labute approximate surface area is 145 Å². The van der Waals surface area contributed by atoms with Crippen molar-refractivity contribution in [1.82, 2.24) is 5.43 Å². The van der Waals surface area contributed by atoms with Crippen molar-refractivity contribution in [2.24, 2.45) is 5.10 Å². The van der Waals surface area contributed by atoms with Gasteiger partial charge in [-0.2, -0.15) is 5.10 Å². The van der Waals surface area contributed by atoms with Gasteiger partial charge < -0.3 is 15.2 Å². The molecule has 6 nitrogen and oxygen atoms in total. The van der Waals surface area contributed by atoms with Crippen LogP contribution in [0.25, 0.3) is 0 Å². The number of hydrogen-bond acceptors (Lipinski definition) is 5. The number of para-hydroxylation sites is 1. The third-order valence-corrected chi connectivity index (χ3v) is 3.50. The molecule has 2 rings (SSSR count). The zero-order valence-electron chi connectivity index (χ0n) is 13.3. The molecule has 3 N–H and O–H groups in total. The molecule has 0 radical (unpaired) electrons. The Morgan fingerprint density at radius 1 is 1.29 bits per heavy atom. The number of phenols is 1. The van der Waals surface area contributed by atoms with Crippen molar-refractivity contribution in [3.05, 3.63) is 53.1 Å². The molecule has 1 amide bonds. The fraction of sp³-hybridized carbons (Fsp3) is 0.176. The summed E-state index contributed by atoms with van der Waals surface area (Å²) in [6.07, 6.45) is 1.35. The number of hydrogen-bond donors (Lipinski definition) is 3. The molecule has 0 aliphatic carbocycles. The molecule has 0 aliphatic heterocycles. The molecule has 0 saturated heterocycles. The number of halogens is 1. The molecule has 2 aromatic rings. The summed E-state index contributed by atoms with van der Waals surface area (Å²) in [5.74, 6) is -0.0167. The van der Waals surface area contributed by atoms with E-state index >= 15 is 0 Å². The first-order chi connectivity index (χ1) is 11.5.